The van der Waals surface area contributed by atoms with Gasteiger partial charge in [-0.2, -0.15) is 0 Å². The molecular weight excluding hydrogens is 264 g/mol. The van der Waals surface area contributed by atoms with Crippen molar-refractivity contribution in [1.82, 2.24) is 9.88 Å². The van der Waals surface area contributed by atoms with Crippen molar-refractivity contribution in [1.29, 1.82) is 0 Å². The van der Waals surface area contributed by atoms with Crippen LogP contribution < -0.4 is 11.3 Å². The second-order valence-electron chi connectivity index (χ2n) is 4.84. The standard InChI is InChI=1S/C13H19ClN4O/c1-2-9-4-3-7-18(8-9)13(19)12-10(14)5-6-11(16-12)17-15/h5-6,9H,2-4,7-8,15H2,1H3,(H,16,17). The summed E-state index contributed by atoms with van der Waals surface area (Å²) in [6.07, 6.45) is 3.32. The van der Waals surface area contributed by atoms with Crippen LogP contribution in [0.2, 0.25) is 5.02 Å². The normalized spacial score (nSPS) is 19.3. The van der Waals surface area contributed by atoms with E-state index in [9.17, 15) is 4.79 Å². The predicted molar refractivity (Wildman–Crippen MR) is 76.0 cm³/mol. The van der Waals surface area contributed by atoms with E-state index in [0.29, 0.717) is 16.8 Å². The molecule has 2 rings (SSSR count). The fourth-order valence-electron chi connectivity index (χ4n) is 2.41. The molecule has 1 atom stereocenters. The molecule has 2 heterocycles. The summed E-state index contributed by atoms with van der Waals surface area (Å²) in [6, 6.07) is 3.28. The molecule has 0 saturated carbocycles. The zero-order valence-corrected chi connectivity index (χ0v) is 11.8. The van der Waals surface area contributed by atoms with Gasteiger partial charge in [0.05, 0.1) is 5.02 Å². The Labute approximate surface area is 118 Å². The molecule has 104 valence electrons. The van der Waals surface area contributed by atoms with Gasteiger partial charge in [-0.15, -0.1) is 0 Å². The number of hydrogen-bond acceptors (Lipinski definition) is 4. The van der Waals surface area contributed by atoms with Gasteiger partial charge >= 0.3 is 0 Å². The van der Waals surface area contributed by atoms with Gasteiger partial charge in [-0.1, -0.05) is 24.9 Å². The highest BCUT2D eigenvalue weighted by Gasteiger charge is 2.25. The fourth-order valence-corrected chi connectivity index (χ4v) is 2.59. The van der Waals surface area contributed by atoms with Crippen LogP contribution in [0.3, 0.4) is 0 Å². The predicted octanol–water partition coefficient (Wildman–Crippen LogP) is 2.28. The van der Waals surface area contributed by atoms with E-state index < -0.39 is 0 Å². The Bertz CT molecular complexity index is 466. The number of rotatable bonds is 3. The monoisotopic (exact) mass is 282 g/mol. The van der Waals surface area contributed by atoms with Crippen LogP contribution in [0.15, 0.2) is 12.1 Å². The number of nitrogens with zero attached hydrogens (tertiary/aromatic N) is 2. The molecule has 0 spiro atoms. The van der Waals surface area contributed by atoms with Crippen molar-refractivity contribution in [2.45, 2.75) is 26.2 Å². The lowest BCUT2D eigenvalue weighted by molar-refractivity contribution is 0.0665. The molecule has 0 aliphatic carbocycles. The third kappa shape index (κ3) is 3.16. The van der Waals surface area contributed by atoms with E-state index in [2.05, 4.69) is 17.3 Å². The first-order valence-electron chi connectivity index (χ1n) is 6.58. The first-order chi connectivity index (χ1) is 9.15. The Balaban J connectivity index is 2.18. The average molecular weight is 283 g/mol. The van der Waals surface area contributed by atoms with Gasteiger partial charge in [-0.05, 0) is 30.9 Å². The zero-order chi connectivity index (χ0) is 13.8. The summed E-state index contributed by atoms with van der Waals surface area (Å²) < 4.78 is 0. The molecule has 1 aromatic rings. The van der Waals surface area contributed by atoms with Gasteiger partial charge in [0, 0.05) is 13.1 Å². The molecule has 5 nitrogen and oxygen atoms in total. The lowest BCUT2D eigenvalue weighted by atomic mass is 9.95. The summed E-state index contributed by atoms with van der Waals surface area (Å²) in [4.78, 5) is 18.5. The highest BCUT2D eigenvalue weighted by Crippen LogP contribution is 2.23. The summed E-state index contributed by atoms with van der Waals surface area (Å²) in [5.41, 5.74) is 2.70. The summed E-state index contributed by atoms with van der Waals surface area (Å²) in [6.45, 7) is 3.71. The maximum absolute atomic E-state index is 12.5. The molecule has 1 aliphatic rings. The van der Waals surface area contributed by atoms with Gasteiger partial charge in [0.1, 0.15) is 11.5 Å². The maximum Gasteiger partial charge on any atom is 0.274 e. The Hall–Kier alpha value is -1.33. The molecular formula is C13H19ClN4O. The van der Waals surface area contributed by atoms with Gasteiger partial charge in [-0.3, -0.25) is 4.79 Å². The Kier molecular flexibility index (Phi) is 4.61. The number of carbonyl (C=O) groups is 1. The molecule has 0 bridgehead atoms. The van der Waals surface area contributed by atoms with Crippen LogP contribution in [0.5, 0.6) is 0 Å². The topological polar surface area (TPSA) is 71.2 Å². The van der Waals surface area contributed by atoms with Crippen LogP contribution in [0.1, 0.15) is 36.7 Å². The molecule has 1 amide bonds. The lowest BCUT2D eigenvalue weighted by Gasteiger charge is -2.32. The smallest absolute Gasteiger partial charge is 0.274 e. The van der Waals surface area contributed by atoms with E-state index in [1.165, 1.54) is 6.42 Å². The van der Waals surface area contributed by atoms with Crippen molar-refractivity contribution >= 4 is 23.3 Å². The molecule has 3 N–H and O–H groups in total. The number of nitrogens with one attached hydrogen (secondary N) is 1. The number of nitrogen functional groups attached to an aromatic ring is 1. The van der Waals surface area contributed by atoms with E-state index in [0.717, 1.165) is 25.9 Å². The minimum Gasteiger partial charge on any atom is -0.337 e. The molecule has 1 unspecified atom stereocenters. The fraction of sp³-hybridized carbons (Fsp3) is 0.538. The van der Waals surface area contributed by atoms with Crippen LogP contribution in [0, 0.1) is 5.92 Å². The van der Waals surface area contributed by atoms with Gasteiger partial charge in [0.2, 0.25) is 0 Å². The highest BCUT2D eigenvalue weighted by molar-refractivity contribution is 6.33. The van der Waals surface area contributed by atoms with Crippen LogP contribution in [0.25, 0.3) is 0 Å². The van der Waals surface area contributed by atoms with E-state index in [1.54, 1.807) is 12.1 Å². The van der Waals surface area contributed by atoms with Gasteiger partial charge < -0.3 is 10.3 Å². The number of pyridine rings is 1. The van der Waals surface area contributed by atoms with Crippen LogP contribution in [-0.2, 0) is 0 Å². The molecule has 1 fully saturated rings. The third-order valence-electron chi connectivity index (χ3n) is 3.58. The van der Waals surface area contributed by atoms with Crippen molar-refractivity contribution in [2.24, 2.45) is 11.8 Å². The second kappa shape index (κ2) is 6.21. The molecule has 0 radical (unpaired) electrons. The summed E-state index contributed by atoms with van der Waals surface area (Å²) in [5.74, 6) is 6.22. The van der Waals surface area contributed by atoms with Crippen molar-refractivity contribution < 1.29 is 4.79 Å². The van der Waals surface area contributed by atoms with Gasteiger partial charge in [-0.25, -0.2) is 10.8 Å². The number of anilines is 1. The first-order valence-corrected chi connectivity index (χ1v) is 6.96. The van der Waals surface area contributed by atoms with E-state index in [1.807, 2.05) is 4.90 Å². The number of halogens is 1. The molecule has 0 aromatic carbocycles. The largest absolute Gasteiger partial charge is 0.337 e. The average Bonchev–Trinajstić information content (AvgIpc) is 2.47. The van der Waals surface area contributed by atoms with Crippen molar-refractivity contribution in [3.8, 4) is 0 Å². The number of aromatic nitrogens is 1. The van der Waals surface area contributed by atoms with E-state index in [-0.39, 0.29) is 11.6 Å². The highest BCUT2D eigenvalue weighted by atomic mass is 35.5. The Morgan fingerprint density at radius 2 is 2.42 bits per heavy atom. The molecule has 1 saturated heterocycles. The quantitative estimate of drug-likeness (QED) is 0.659. The molecule has 1 aromatic heterocycles. The number of piperidine rings is 1. The van der Waals surface area contributed by atoms with Crippen molar-refractivity contribution in [3.05, 3.63) is 22.8 Å². The van der Waals surface area contributed by atoms with Crippen LogP contribution >= 0.6 is 11.6 Å². The minimum absolute atomic E-state index is 0.111. The van der Waals surface area contributed by atoms with Gasteiger partial charge in [0.15, 0.2) is 0 Å². The van der Waals surface area contributed by atoms with E-state index >= 15 is 0 Å². The second-order valence-corrected chi connectivity index (χ2v) is 5.25. The number of nitrogens with two attached hydrogens (primary N) is 1. The lowest BCUT2D eigenvalue weighted by Crippen LogP contribution is -2.40. The van der Waals surface area contributed by atoms with Crippen molar-refractivity contribution in [3.63, 3.8) is 0 Å². The number of hydrazine groups is 1. The number of likely N-dealkylation sites (tertiary alicyclic amines) is 1. The van der Waals surface area contributed by atoms with Crippen molar-refractivity contribution in [2.75, 3.05) is 18.5 Å². The number of hydrogen-bond donors (Lipinski definition) is 2. The summed E-state index contributed by atoms with van der Waals surface area (Å²) in [5, 5.41) is 0.364. The molecule has 19 heavy (non-hydrogen) atoms. The zero-order valence-electron chi connectivity index (χ0n) is 11.0. The summed E-state index contributed by atoms with van der Waals surface area (Å²) in [7, 11) is 0. The third-order valence-corrected chi connectivity index (χ3v) is 3.89. The molecule has 1 aliphatic heterocycles. The minimum atomic E-state index is -0.111. The Morgan fingerprint density at radius 3 is 3.11 bits per heavy atom. The van der Waals surface area contributed by atoms with Crippen LogP contribution in [-0.4, -0.2) is 28.9 Å². The molecule has 6 heteroatoms. The van der Waals surface area contributed by atoms with E-state index in [4.69, 9.17) is 17.4 Å². The van der Waals surface area contributed by atoms with Crippen LogP contribution in [0.4, 0.5) is 5.82 Å². The first kappa shape index (κ1) is 14.1. The summed E-state index contributed by atoms with van der Waals surface area (Å²) >= 11 is 6.06. The number of carbonyl (C=O) groups excluding carboxylic acids is 1. The Morgan fingerprint density at radius 1 is 1.63 bits per heavy atom. The maximum atomic E-state index is 12.5. The SMILES string of the molecule is CCC1CCCN(C(=O)c2nc(NN)ccc2Cl)C1. The van der Waals surface area contributed by atoms with Gasteiger partial charge in [0.25, 0.3) is 5.91 Å². The number of amides is 1.